The van der Waals surface area contributed by atoms with Crippen molar-refractivity contribution in [1.29, 1.82) is 0 Å². The number of thioether (sulfide) groups is 1. The van der Waals surface area contributed by atoms with E-state index in [0.717, 1.165) is 23.2 Å². The predicted molar refractivity (Wildman–Crippen MR) is 72.4 cm³/mol. The van der Waals surface area contributed by atoms with Crippen LogP contribution in [-0.4, -0.2) is 33.6 Å². The molecular formula is C11H16N2O2S2. The molecule has 94 valence electrons. The molecule has 0 bridgehead atoms. The van der Waals surface area contributed by atoms with Gasteiger partial charge in [-0.25, -0.2) is 9.78 Å². The highest BCUT2D eigenvalue weighted by Gasteiger charge is 2.25. The van der Waals surface area contributed by atoms with E-state index in [4.69, 9.17) is 5.11 Å². The van der Waals surface area contributed by atoms with E-state index >= 15 is 0 Å². The minimum absolute atomic E-state index is 0.340. The minimum Gasteiger partial charge on any atom is -0.477 e. The molecule has 0 aliphatic heterocycles. The molecule has 2 rings (SSSR count). The number of aromatic carboxylic acids is 1. The summed E-state index contributed by atoms with van der Waals surface area (Å²) in [5, 5.41) is 13.8. The molecule has 2 atom stereocenters. The summed E-state index contributed by atoms with van der Waals surface area (Å²) in [6.45, 7) is 1.74. The fraction of sp³-hybridized carbons (Fsp3) is 0.636. The Morgan fingerprint density at radius 2 is 2.35 bits per heavy atom. The first kappa shape index (κ1) is 12.7. The van der Waals surface area contributed by atoms with Crippen LogP contribution in [0.5, 0.6) is 0 Å². The van der Waals surface area contributed by atoms with E-state index in [1.807, 2.05) is 11.8 Å². The number of carboxylic acid groups (broad SMARTS) is 1. The summed E-state index contributed by atoms with van der Waals surface area (Å²) in [7, 11) is 0. The first-order valence-corrected chi connectivity index (χ1v) is 7.70. The third-order valence-corrected chi connectivity index (χ3v) is 5.21. The van der Waals surface area contributed by atoms with Crippen LogP contribution < -0.4 is 5.32 Å². The van der Waals surface area contributed by atoms with Gasteiger partial charge in [-0.3, -0.25) is 0 Å². The first-order valence-electron chi connectivity index (χ1n) is 5.60. The average molecular weight is 272 g/mol. The van der Waals surface area contributed by atoms with Gasteiger partial charge in [-0.2, -0.15) is 11.8 Å². The maximum absolute atomic E-state index is 10.9. The number of aryl methyl sites for hydroxylation is 1. The largest absolute Gasteiger partial charge is 0.477 e. The highest BCUT2D eigenvalue weighted by atomic mass is 32.2. The molecule has 1 saturated carbocycles. The molecule has 0 amide bonds. The van der Waals surface area contributed by atoms with Gasteiger partial charge in [0.1, 0.15) is 4.88 Å². The van der Waals surface area contributed by atoms with E-state index in [1.165, 1.54) is 17.8 Å². The Morgan fingerprint density at radius 3 is 2.88 bits per heavy atom. The molecule has 0 spiro atoms. The zero-order valence-corrected chi connectivity index (χ0v) is 11.5. The fourth-order valence-corrected chi connectivity index (χ4v) is 3.80. The number of thiazole rings is 1. The number of hydrogen-bond donors (Lipinski definition) is 2. The van der Waals surface area contributed by atoms with Crippen molar-refractivity contribution in [3.63, 3.8) is 0 Å². The van der Waals surface area contributed by atoms with Crippen molar-refractivity contribution in [2.24, 2.45) is 0 Å². The van der Waals surface area contributed by atoms with E-state index in [9.17, 15) is 4.79 Å². The molecule has 6 heteroatoms. The van der Waals surface area contributed by atoms with Gasteiger partial charge in [0, 0.05) is 11.3 Å². The van der Waals surface area contributed by atoms with E-state index in [-0.39, 0.29) is 0 Å². The van der Waals surface area contributed by atoms with E-state index in [0.29, 0.717) is 16.6 Å². The average Bonchev–Trinajstić information content (AvgIpc) is 2.85. The number of rotatable bonds is 4. The second kappa shape index (κ2) is 5.27. The molecule has 1 aromatic heterocycles. The molecule has 17 heavy (non-hydrogen) atoms. The zero-order valence-electron chi connectivity index (χ0n) is 9.90. The Hall–Kier alpha value is -0.750. The summed E-state index contributed by atoms with van der Waals surface area (Å²) >= 11 is 3.14. The van der Waals surface area contributed by atoms with Crippen molar-refractivity contribution in [3.8, 4) is 0 Å². The summed E-state index contributed by atoms with van der Waals surface area (Å²) in [5.41, 5.74) is 0.601. The van der Waals surface area contributed by atoms with Gasteiger partial charge in [0.05, 0.1) is 5.69 Å². The fourth-order valence-electron chi connectivity index (χ4n) is 2.12. The van der Waals surface area contributed by atoms with E-state index in [1.54, 1.807) is 6.92 Å². The van der Waals surface area contributed by atoms with Gasteiger partial charge in [0.25, 0.3) is 0 Å². The quantitative estimate of drug-likeness (QED) is 0.882. The van der Waals surface area contributed by atoms with Gasteiger partial charge in [-0.1, -0.05) is 11.3 Å². The lowest BCUT2D eigenvalue weighted by atomic mass is 10.3. The topological polar surface area (TPSA) is 62.2 Å². The van der Waals surface area contributed by atoms with Crippen molar-refractivity contribution in [1.82, 2.24) is 4.98 Å². The number of aromatic nitrogens is 1. The summed E-state index contributed by atoms with van der Waals surface area (Å²) in [4.78, 5) is 15.5. The molecule has 1 aliphatic rings. The zero-order chi connectivity index (χ0) is 12.4. The number of carbonyl (C=O) groups is 1. The number of hydrogen-bond acceptors (Lipinski definition) is 5. The maximum atomic E-state index is 10.9. The highest BCUT2D eigenvalue weighted by Crippen LogP contribution is 2.31. The number of carboxylic acids is 1. The van der Waals surface area contributed by atoms with Crippen LogP contribution >= 0.6 is 23.1 Å². The van der Waals surface area contributed by atoms with Crippen molar-refractivity contribution in [2.75, 3.05) is 11.6 Å². The van der Waals surface area contributed by atoms with Gasteiger partial charge < -0.3 is 10.4 Å². The summed E-state index contributed by atoms with van der Waals surface area (Å²) < 4.78 is 0. The third kappa shape index (κ3) is 2.93. The van der Waals surface area contributed by atoms with E-state index < -0.39 is 5.97 Å². The lowest BCUT2D eigenvalue weighted by molar-refractivity contribution is 0.0701. The summed E-state index contributed by atoms with van der Waals surface area (Å²) in [6, 6.07) is 0.444. The molecule has 4 nitrogen and oxygen atoms in total. The Bertz CT molecular complexity index is 420. The van der Waals surface area contributed by atoms with Crippen LogP contribution in [0.2, 0.25) is 0 Å². The highest BCUT2D eigenvalue weighted by molar-refractivity contribution is 7.99. The summed E-state index contributed by atoms with van der Waals surface area (Å²) in [6.07, 6.45) is 5.66. The minimum atomic E-state index is -0.888. The normalized spacial score (nSPS) is 23.9. The monoisotopic (exact) mass is 272 g/mol. The second-order valence-corrected chi connectivity index (χ2v) is 6.39. The molecule has 2 N–H and O–H groups in total. The number of nitrogens with zero attached hydrogens (tertiary/aromatic N) is 1. The predicted octanol–water partition coefficient (Wildman–Crippen LogP) is 2.85. The number of anilines is 1. The Labute approximate surface area is 109 Å². The smallest absolute Gasteiger partial charge is 0.347 e. The second-order valence-electron chi connectivity index (χ2n) is 4.25. The molecule has 1 aliphatic carbocycles. The lowest BCUT2D eigenvalue weighted by Gasteiger charge is -2.10. The van der Waals surface area contributed by atoms with Crippen LogP contribution in [-0.2, 0) is 0 Å². The molecule has 0 radical (unpaired) electrons. The Morgan fingerprint density at radius 1 is 1.59 bits per heavy atom. The van der Waals surface area contributed by atoms with Crippen LogP contribution in [0.15, 0.2) is 0 Å². The van der Waals surface area contributed by atoms with Crippen molar-refractivity contribution < 1.29 is 9.90 Å². The molecule has 1 heterocycles. The Balaban J connectivity index is 2.00. The SMILES string of the molecule is CSC1CCC(Nc2nc(C)c(C(=O)O)s2)C1. The maximum Gasteiger partial charge on any atom is 0.347 e. The molecular weight excluding hydrogens is 256 g/mol. The van der Waals surface area contributed by atoms with Crippen molar-refractivity contribution in [3.05, 3.63) is 10.6 Å². The molecule has 0 aromatic carbocycles. The van der Waals surface area contributed by atoms with Gasteiger partial charge in [0.15, 0.2) is 5.13 Å². The first-order chi connectivity index (χ1) is 8.10. The third-order valence-electron chi connectivity index (χ3n) is 3.04. The van der Waals surface area contributed by atoms with Gasteiger partial charge in [0.2, 0.25) is 0 Å². The van der Waals surface area contributed by atoms with Crippen LogP contribution in [0, 0.1) is 6.92 Å². The van der Waals surface area contributed by atoms with Gasteiger partial charge in [-0.15, -0.1) is 0 Å². The van der Waals surface area contributed by atoms with Crippen LogP contribution in [0.1, 0.15) is 34.6 Å². The van der Waals surface area contributed by atoms with Gasteiger partial charge in [-0.05, 0) is 32.4 Å². The van der Waals surface area contributed by atoms with Crippen LogP contribution in [0.25, 0.3) is 0 Å². The van der Waals surface area contributed by atoms with Crippen molar-refractivity contribution >= 4 is 34.2 Å². The molecule has 1 aromatic rings. The lowest BCUT2D eigenvalue weighted by Crippen LogP contribution is -2.15. The standard InChI is InChI=1S/C11H16N2O2S2/c1-6-9(10(14)15)17-11(12-6)13-7-3-4-8(5-7)16-2/h7-8H,3-5H2,1-2H3,(H,12,13)(H,14,15). The van der Waals surface area contributed by atoms with E-state index in [2.05, 4.69) is 16.6 Å². The van der Waals surface area contributed by atoms with Crippen LogP contribution in [0.4, 0.5) is 5.13 Å². The molecule has 1 fully saturated rings. The van der Waals surface area contributed by atoms with Crippen LogP contribution in [0.3, 0.4) is 0 Å². The van der Waals surface area contributed by atoms with Gasteiger partial charge >= 0.3 is 5.97 Å². The number of nitrogens with one attached hydrogen (secondary N) is 1. The molecule has 2 unspecified atom stereocenters. The molecule has 0 saturated heterocycles. The van der Waals surface area contributed by atoms with Crippen molar-refractivity contribution in [2.45, 2.75) is 37.5 Å². The Kier molecular flexibility index (Phi) is 3.93. The summed E-state index contributed by atoms with van der Waals surface area (Å²) in [5.74, 6) is -0.888.